The standard InChI is InChI=1S/C14H18N2.C2H6/c1-9(2)11-5-6-13-12(7-11)8-15-14(16-13)10(3)4;1-2/h5-10H,1-4H3;1-2H3. The molecule has 2 rings (SSSR count). The summed E-state index contributed by atoms with van der Waals surface area (Å²) in [4.78, 5) is 8.96. The fourth-order valence-electron chi connectivity index (χ4n) is 1.70. The van der Waals surface area contributed by atoms with Gasteiger partial charge in [-0.15, -0.1) is 0 Å². The van der Waals surface area contributed by atoms with Gasteiger partial charge in [-0.25, -0.2) is 9.97 Å². The number of hydrogen-bond donors (Lipinski definition) is 0. The molecule has 0 amide bonds. The van der Waals surface area contributed by atoms with Crippen molar-refractivity contribution in [3.8, 4) is 0 Å². The molecule has 0 N–H and O–H groups in total. The Kier molecular flexibility index (Phi) is 5.26. The molecule has 1 aromatic heterocycles. The zero-order valence-corrected chi connectivity index (χ0v) is 12.4. The molecule has 98 valence electrons. The van der Waals surface area contributed by atoms with Crippen molar-refractivity contribution in [3.63, 3.8) is 0 Å². The summed E-state index contributed by atoms with van der Waals surface area (Å²) < 4.78 is 0. The van der Waals surface area contributed by atoms with Crippen LogP contribution in [0.1, 0.15) is 64.8 Å². The van der Waals surface area contributed by atoms with Crippen LogP contribution in [0, 0.1) is 0 Å². The molecule has 0 bridgehead atoms. The fourth-order valence-corrected chi connectivity index (χ4v) is 1.70. The normalized spacial score (nSPS) is 10.7. The van der Waals surface area contributed by atoms with Gasteiger partial charge in [-0.1, -0.05) is 47.6 Å². The topological polar surface area (TPSA) is 25.8 Å². The highest BCUT2D eigenvalue weighted by molar-refractivity contribution is 5.78. The van der Waals surface area contributed by atoms with Gasteiger partial charge in [0.25, 0.3) is 0 Å². The summed E-state index contributed by atoms with van der Waals surface area (Å²) in [6.07, 6.45) is 1.93. The van der Waals surface area contributed by atoms with Gasteiger partial charge in [0.05, 0.1) is 5.52 Å². The van der Waals surface area contributed by atoms with E-state index in [9.17, 15) is 0 Å². The van der Waals surface area contributed by atoms with Crippen molar-refractivity contribution in [2.75, 3.05) is 0 Å². The molecular formula is C16H24N2. The zero-order chi connectivity index (χ0) is 13.7. The van der Waals surface area contributed by atoms with Gasteiger partial charge in [-0.05, 0) is 23.6 Å². The van der Waals surface area contributed by atoms with E-state index in [0.717, 1.165) is 16.7 Å². The van der Waals surface area contributed by atoms with Gasteiger partial charge < -0.3 is 0 Å². The van der Waals surface area contributed by atoms with Crippen molar-refractivity contribution in [1.29, 1.82) is 0 Å². The summed E-state index contributed by atoms with van der Waals surface area (Å²) in [5, 5.41) is 1.13. The third kappa shape index (κ3) is 3.28. The lowest BCUT2D eigenvalue weighted by atomic mass is 10.0. The molecule has 0 aliphatic rings. The van der Waals surface area contributed by atoms with Gasteiger partial charge in [0, 0.05) is 17.5 Å². The second-order valence-electron chi connectivity index (χ2n) is 4.86. The molecule has 0 aliphatic heterocycles. The van der Waals surface area contributed by atoms with Crippen molar-refractivity contribution in [1.82, 2.24) is 9.97 Å². The third-order valence-electron chi connectivity index (χ3n) is 2.81. The van der Waals surface area contributed by atoms with E-state index in [4.69, 9.17) is 0 Å². The first-order valence-corrected chi connectivity index (χ1v) is 6.84. The molecule has 2 aromatic rings. The van der Waals surface area contributed by atoms with Crippen LogP contribution in [0.25, 0.3) is 10.9 Å². The number of hydrogen-bond acceptors (Lipinski definition) is 2. The Morgan fingerprint density at radius 2 is 1.61 bits per heavy atom. The van der Waals surface area contributed by atoms with Crippen molar-refractivity contribution in [2.24, 2.45) is 0 Å². The fraction of sp³-hybridized carbons (Fsp3) is 0.500. The summed E-state index contributed by atoms with van der Waals surface area (Å²) in [6.45, 7) is 12.6. The van der Waals surface area contributed by atoms with Crippen molar-refractivity contribution < 1.29 is 0 Å². The van der Waals surface area contributed by atoms with Crippen LogP contribution >= 0.6 is 0 Å². The van der Waals surface area contributed by atoms with Crippen LogP contribution in [-0.4, -0.2) is 9.97 Å². The maximum atomic E-state index is 4.56. The van der Waals surface area contributed by atoms with Crippen LogP contribution in [0.4, 0.5) is 0 Å². The Hall–Kier alpha value is -1.44. The van der Waals surface area contributed by atoms with Crippen LogP contribution in [0.2, 0.25) is 0 Å². The van der Waals surface area contributed by atoms with Gasteiger partial charge in [0.15, 0.2) is 0 Å². The third-order valence-corrected chi connectivity index (χ3v) is 2.81. The lowest BCUT2D eigenvalue weighted by Gasteiger charge is -2.08. The number of fused-ring (bicyclic) bond motifs is 1. The van der Waals surface area contributed by atoms with Crippen LogP contribution in [0.5, 0.6) is 0 Å². The smallest absolute Gasteiger partial charge is 0.131 e. The van der Waals surface area contributed by atoms with Gasteiger partial charge in [-0.3, -0.25) is 0 Å². The quantitative estimate of drug-likeness (QED) is 0.750. The minimum Gasteiger partial charge on any atom is -0.240 e. The SMILES string of the molecule is CC.CC(C)c1ccc2nc(C(C)C)ncc2c1. The summed E-state index contributed by atoms with van der Waals surface area (Å²) in [7, 11) is 0. The predicted octanol–water partition coefficient (Wildman–Crippen LogP) is 4.90. The lowest BCUT2D eigenvalue weighted by Crippen LogP contribution is -1.97. The summed E-state index contributed by atoms with van der Waals surface area (Å²) in [5.74, 6) is 1.85. The average molecular weight is 244 g/mol. The Morgan fingerprint density at radius 1 is 0.944 bits per heavy atom. The molecule has 1 aromatic carbocycles. The Morgan fingerprint density at radius 3 is 2.17 bits per heavy atom. The highest BCUT2D eigenvalue weighted by Gasteiger charge is 2.05. The monoisotopic (exact) mass is 244 g/mol. The van der Waals surface area contributed by atoms with Crippen LogP contribution in [0.3, 0.4) is 0 Å². The molecule has 0 unspecified atom stereocenters. The van der Waals surface area contributed by atoms with Crippen molar-refractivity contribution in [3.05, 3.63) is 35.8 Å². The van der Waals surface area contributed by atoms with Crippen molar-refractivity contribution >= 4 is 10.9 Å². The molecule has 0 aliphatic carbocycles. The maximum absolute atomic E-state index is 4.56. The molecule has 0 atom stereocenters. The first kappa shape index (κ1) is 14.6. The number of benzene rings is 1. The van der Waals surface area contributed by atoms with Gasteiger partial charge in [-0.2, -0.15) is 0 Å². The summed E-state index contributed by atoms with van der Waals surface area (Å²) in [5.41, 5.74) is 2.39. The molecule has 1 heterocycles. The molecule has 0 saturated carbocycles. The van der Waals surface area contributed by atoms with E-state index in [2.05, 4.69) is 55.9 Å². The predicted molar refractivity (Wildman–Crippen MR) is 79.1 cm³/mol. The Balaban J connectivity index is 0.000000771. The van der Waals surface area contributed by atoms with E-state index >= 15 is 0 Å². The van der Waals surface area contributed by atoms with E-state index in [0.29, 0.717) is 11.8 Å². The Labute approximate surface area is 110 Å². The highest BCUT2D eigenvalue weighted by atomic mass is 14.9. The molecule has 0 saturated heterocycles. The van der Waals surface area contributed by atoms with Gasteiger partial charge >= 0.3 is 0 Å². The lowest BCUT2D eigenvalue weighted by molar-refractivity contribution is 0.782. The molecule has 0 fully saturated rings. The first-order chi connectivity index (χ1) is 8.58. The molecule has 2 nitrogen and oxygen atoms in total. The average Bonchev–Trinajstić information content (AvgIpc) is 2.39. The van der Waals surface area contributed by atoms with E-state index in [-0.39, 0.29) is 0 Å². The largest absolute Gasteiger partial charge is 0.240 e. The minimum atomic E-state index is 0.383. The molecule has 2 heteroatoms. The number of aromatic nitrogens is 2. The number of rotatable bonds is 2. The van der Waals surface area contributed by atoms with E-state index in [1.54, 1.807) is 0 Å². The zero-order valence-electron chi connectivity index (χ0n) is 12.4. The maximum Gasteiger partial charge on any atom is 0.131 e. The van der Waals surface area contributed by atoms with Crippen LogP contribution in [-0.2, 0) is 0 Å². The van der Waals surface area contributed by atoms with Crippen molar-refractivity contribution in [2.45, 2.75) is 53.4 Å². The van der Waals surface area contributed by atoms with E-state index < -0.39 is 0 Å². The Bertz CT molecular complexity index is 454. The minimum absolute atomic E-state index is 0.383. The number of nitrogens with zero attached hydrogens (tertiary/aromatic N) is 2. The highest BCUT2D eigenvalue weighted by Crippen LogP contribution is 2.21. The summed E-state index contributed by atoms with van der Waals surface area (Å²) >= 11 is 0. The first-order valence-electron chi connectivity index (χ1n) is 6.84. The van der Waals surface area contributed by atoms with Crippen LogP contribution in [0.15, 0.2) is 24.4 Å². The summed E-state index contributed by atoms with van der Waals surface area (Å²) in [6, 6.07) is 6.44. The molecular weight excluding hydrogens is 220 g/mol. The molecule has 0 spiro atoms. The van der Waals surface area contributed by atoms with Gasteiger partial charge in [0.2, 0.25) is 0 Å². The second-order valence-corrected chi connectivity index (χ2v) is 4.86. The van der Waals surface area contributed by atoms with E-state index in [1.165, 1.54) is 5.56 Å². The van der Waals surface area contributed by atoms with Gasteiger partial charge in [0.1, 0.15) is 5.82 Å². The second kappa shape index (κ2) is 6.48. The molecule has 0 radical (unpaired) electrons. The van der Waals surface area contributed by atoms with E-state index in [1.807, 2.05) is 20.0 Å². The molecule has 18 heavy (non-hydrogen) atoms. The van der Waals surface area contributed by atoms with Crippen LogP contribution < -0.4 is 0 Å².